The number of benzene rings is 1. The van der Waals surface area contributed by atoms with Gasteiger partial charge in [-0.15, -0.1) is 0 Å². The molecule has 0 bridgehead atoms. The third-order valence-corrected chi connectivity index (χ3v) is 4.77. The Labute approximate surface area is 137 Å². The summed E-state index contributed by atoms with van der Waals surface area (Å²) in [6, 6.07) is 10.1. The van der Waals surface area contributed by atoms with Gasteiger partial charge in [-0.1, -0.05) is 37.3 Å². The second kappa shape index (κ2) is 7.09. The molecule has 0 unspecified atom stereocenters. The molecular formula is C19H23NO3. The normalized spacial score (nSPS) is 21.9. The molecule has 1 aliphatic heterocycles. The Bertz CT molecular complexity index is 621. The number of rotatable bonds is 4. The number of amides is 1. The maximum Gasteiger partial charge on any atom is 0.227 e. The largest absolute Gasteiger partial charge is 0.377 e. The lowest BCUT2D eigenvalue weighted by Crippen LogP contribution is -2.48. The fraction of sp³-hybridized carbons (Fsp3) is 0.474. The minimum Gasteiger partial charge on any atom is -0.377 e. The van der Waals surface area contributed by atoms with Crippen molar-refractivity contribution >= 4 is 17.3 Å². The van der Waals surface area contributed by atoms with Crippen LogP contribution >= 0.6 is 0 Å². The average molecular weight is 313 g/mol. The lowest BCUT2D eigenvalue weighted by molar-refractivity contribution is -0.139. The van der Waals surface area contributed by atoms with Crippen LogP contribution in [0.1, 0.15) is 38.2 Å². The molecule has 122 valence electrons. The summed E-state index contributed by atoms with van der Waals surface area (Å²) < 4.78 is 5.46. The summed E-state index contributed by atoms with van der Waals surface area (Å²) in [5.41, 5.74) is 2.82. The van der Waals surface area contributed by atoms with Crippen molar-refractivity contribution in [3.8, 4) is 0 Å². The van der Waals surface area contributed by atoms with E-state index in [0.717, 1.165) is 24.0 Å². The van der Waals surface area contributed by atoms with Gasteiger partial charge in [0.25, 0.3) is 0 Å². The lowest BCUT2D eigenvalue weighted by Gasteiger charge is -2.35. The van der Waals surface area contributed by atoms with Gasteiger partial charge < -0.3 is 9.64 Å². The number of allylic oxidation sites excluding steroid dienone is 1. The summed E-state index contributed by atoms with van der Waals surface area (Å²) in [6.45, 7) is 3.87. The first kappa shape index (κ1) is 15.9. The van der Waals surface area contributed by atoms with Crippen molar-refractivity contribution < 1.29 is 14.3 Å². The van der Waals surface area contributed by atoms with E-state index in [-0.39, 0.29) is 24.2 Å². The van der Waals surface area contributed by atoms with Gasteiger partial charge in [-0.3, -0.25) is 9.59 Å². The molecule has 4 nitrogen and oxygen atoms in total. The summed E-state index contributed by atoms with van der Waals surface area (Å²) in [6.07, 6.45) is 2.36. The van der Waals surface area contributed by atoms with Gasteiger partial charge in [0.15, 0.2) is 5.78 Å². The van der Waals surface area contributed by atoms with Crippen LogP contribution < -0.4 is 0 Å². The molecule has 3 rings (SSSR count). The smallest absolute Gasteiger partial charge is 0.227 e. The highest BCUT2D eigenvalue weighted by Crippen LogP contribution is 2.33. The predicted molar refractivity (Wildman–Crippen MR) is 88.8 cm³/mol. The van der Waals surface area contributed by atoms with Crippen LogP contribution in [0.15, 0.2) is 35.9 Å². The first-order valence-corrected chi connectivity index (χ1v) is 8.38. The molecule has 1 amide bonds. The SMILES string of the molecule is CC[C@H]1COCCN1C(=O)CC1=C(c2ccccc2)CCC1=O. The number of hydrogen-bond donors (Lipinski definition) is 0. The number of ketones is 1. The van der Waals surface area contributed by atoms with Crippen molar-refractivity contribution in [2.24, 2.45) is 0 Å². The van der Waals surface area contributed by atoms with Crippen LogP contribution in [0.4, 0.5) is 0 Å². The van der Waals surface area contributed by atoms with Gasteiger partial charge in [-0.25, -0.2) is 0 Å². The lowest BCUT2D eigenvalue weighted by atomic mass is 9.99. The molecule has 0 N–H and O–H groups in total. The molecule has 1 fully saturated rings. The van der Waals surface area contributed by atoms with E-state index in [9.17, 15) is 9.59 Å². The molecule has 0 aromatic heterocycles. The van der Waals surface area contributed by atoms with Gasteiger partial charge in [-0.2, -0.15) is 0 Å². The van der Waals surface area contributed by atoms with Crippen molar-refractivity contribution in [3.63, 3.8) is 0 Å². The van der Waals surface area contributed by atoms with Crippen LogP contribution in [-0.4, -0.2) is 42.4 Å². The van der Waals surface area contributed by atoms with E-state index in [1.807, 2.05) is 35.2 Å². The number of carbonyl (C=O) groups excluding carboxylic acids is 2. The van der Waals surface area contributed by atoms with Gasteiger partial charge >= 0.3 is 0 Å². The number of nitrogens with zero attached hydrogens (tertiary/aromatic N) is 1. The highest BCUT2D eigenvalue weighted by Gasteiger charge is 2.30. The molecule has 1 aliphatic carbocycles. The van der Waals surface area contributed by atoms with Crippen LogP contribution in [0.5, 0.6) is 0 Å². The van der Waals surface area contributed by atoms with Crippen molar-refractivity contribution in [2.45, 2.75) is 38.6 Å². The van der Waals surface area contributed by atoms with E-state index < -0.39 is 0 Å². The van der Waals surface area contributed by atoms with Crippen LogP contribution in [0, 0.1) is 0 Å². The van der Waals surface area contributed by atoms with Crippen molar-refractivity contribution in [2.75, 3.05) is 19.8 Å². The Morgan fingerprint density at radius 1 is 1.26 bits per heavy atom. The molecule has 4 heteroatoms. The second-order valence-corrected chi connectivity index (χ2v) is 6.15. The Morgan fingerprint density at radius 3 is 2.78 bits per heavy atom. The van der Waals surface area contributed by atoms with Crippen LogP contribution in [-0.2, 0) is 14.3 Å². The minimum atomic E-state index is 0.0545. The van der Waals surface area contributed by atoms with Crippen LogP contribution in [0.2, 0.25) is 0 Å². The van der Waals surface area contributed by atoms with Crippen LogP contribution in [0.25, 0.3) is 5.57 Å². The first-order chi connectivity index (χ1) is 11.2. The Kier molecular flexibility index (Phi) is 4.91. The maximum atomic E-state index is 12.7. The van der Waals surface area contributed by atoms with E-state index in [1.54, 1.807) is 0 Å². The Morgan fingerprint density at radius 2 is 2.04 bits per heavy atom. The first-order valence-electron chi connectivity index (χ1n) is 8.38. The molecule has 1 aromatic carbocycles. The maximum absolute atomic E-state index is 12.7. The molecule has 0 radical (unpaired) electrons. The van der Waals surface area contributed by atoms with Gasteiger partial charge in [0, 0.05) is 18.5 Å². The molecule has 1 atom stereocenters. The van der Waals surface area contributed by atoms with Crippen molar-refractivity contribution in [3.05, 3.63) is 41.5 Å². The quantitative estimate of drug-likeness (QED) is 0.859. The number of morpholine rings is 1. The van der Waals surface area contributed by atoms with Gasteiger partial charge in [0.05, 0.1) is 25.7 Å². The average Bonchev–Trinajstić information content (AvgIpc) is 2.96. The zero-order valence-electron chi connectivity index (χ0n) is 13.6. The second-order valence-electron chi connectivity index (χ2n) is 6.15. The van der Waals surface area contributed by atoms with Crippen molar-refractivity contribution in [1.29, 1.82) is 0 Å². The van der Waals surface area contributed by atoms with Gasteiger partial charge in [0.2, 0.25) is 5.91 Å². The van der Waals surface area contributed by atoms with Crippen molar-refractivity contribution in [1.82, 2.24) is 4.90 Å². The summed E-state index contributed by atoms with van der Waals surface area (Å²) >= 11 is 0. The standard InChI is InChI=1S/C19H23NO3/c1-2-15-13-23-11-10-20(15)19(22)12-17-16(8-9-18(17)21)14-6-4-3-5-7-14/h3-7,15H,2,8-13H2,1H3/t15-/m0/s1. The minimum absolute atomic E-state index is 0.0545. The van der Waals surface area contributed by atoms with E-state index in [4.69, 9.17) is 4.74 Å². The van der Waals surface area contributed by atoms with E-state index >= 15 is 0 Å². The number of hydrogen-bond acceptors (Lipinski definition) is 3. The monoisotopic (exact) mass is 313 g/mol. The van der Waals surface area contributed by atoms with E-state index in [2.05, 4.69) is 6.92 Å². The summed E-state index contributed by atoms with van der Waals surface area (Å²) in [4.78, 5) is 26.9. The molecule has 1 saturated heterocycles. The Balaban J connectivity index is 1.81. The molecule has 0 saturated carbocycles. The number of carbonyl (C=O) groups is 2. The molecule has 2 aliphatic rings. The fourth-order valence-corrected chi connectivity index (χ4v) is 3.45. The van der Waals surface area contributed by atoms with E-state index in [1.165, 1.54) is 0 Å². The summed E-state index contributed by atoms with van der Waals surface area (Å²) in [5.74, 6) is 0.178. The highest BCUT2D eigenvalue weighted by molar-refractivity contribution is 6.10. The highest BCUT2D eigenvalue weighted by atomic mass is 16.5. The molecular weight excluding hydrogens is 290 g/mol. The third kappa shape index (κ3) is 3.37. The summed E-state index contributed by atoms with van der Waals surface area (Å²) in [5, 5.41) is 0. The third-order valence-electron chi connectivity index (χ3n) is 4.77. The van der Waals surface area contributed by atoms with Crippen LogP contribution in [0.3, 0.4) is 0 Å². The fourth-order valence-electron chi connectivity index (χ4n) is 3.45. The molecule has 23 heavy (non-hydrogen) atoms. The predicted octanol–water partition coefficient (Wildman–Crippen LogP) is 2.83. The van der Waals surface area contributed by atoms with E-state index in [0.29, 0.717) is 31.8 Å². The topological polar surface area (TPSA) is 46.6 Å². The zero-order chi connectivity index (χ0) is 16.2. The summed E-state index contributed by atoms with van der Waals surface area (Å²) in [7, 11) is 0. The van der Waals surface area contributed by atoms with Gasteiger partial charge in [0.1, 0.15) is 0 Å². The number of ether oxygens (including phenoxy) is 1. The Hall–Kier alpha value is -1.94. The zero-order valence-corrected chi connectivity index (χ0v) is 13.6. The molecule has 1 heterocycles. The molecule has 1 aromatic rings. The number of Topliss-reactive ketones (excluding diaryl/α,β-unsaturated/α-hetero) is 1. The molecule has 0 spiro atoms. The van der Waals surface area contributed by atoms with Gasteiger partial charge in [-0.05, 0) is 24.0 Å².